The van der Waals surface area contributed by atoms with Crippen LogP contribution in [0.3, 0.4) is 0 Å². The van der Waals surface area contributed by atoms with Crippen molar-refractivity contribution in [2.75, 3.05) is 6.54 Å². The normalized spacial score (nSPS) is 24.0. The van der Waals surface area contributed by atoms with Crippen LogP contribution in [-0.4, -0.2) is 34.7 Å². The summed E-state index contributed by atoms with van der Waals surface area (Å²) in [7, 11) is 0. The highest BCUT2D eigenvalue weighted by Gasteiger charge is 2.65. The molecular weight excluding hydrogens is 452 g/mol. The van der Waals surface area contributed by atoms with Gasteiger partial charge in [-0.05, 0) is 86.7 Å². The van der Waals surface area contributed by atoms with Crippen LogP contribution in [0.5, 0.6) is 0 Å². The van der Waals surface area contributed by atoms with Crippen molar-refractivity contribution >= 4 is 46.3 Å². The fourth-order valence-electron chi connectivity index (χ4n) is 5.12. The predicted molar refractivity (Wildman–Crippen MR) is 130 cm³/mol. The number of aromatic nitrogens is 1. The topological polar surface area (TPSA) is 83.8 Å². The zero-order valence-corrected chi connectivity index (χ0v) is 20.5. The maximum Gasteiger partial charge on any atom is 0.252 e. The molecule has 1 unspecified atom stereocenters. The molecule has 2 aromatic rings. The van der Waals surface area contributed by atoms with Crippen molar-refractivity contribution in [2.24, 2.45) is 27.2 Å². The first kappa shape index (κ1) is 21.4. The average molecular weight is 481 g/mol. The van der Waals surface area contributed by atoms with Crippen molar-refractivity contribution in [3.63, 3.8) is 0 Å². The zero-order valence-electron chi connectivity index (χ0n) is 18.9. The van der Waals surface area contributed by atoms with Crippen molar-refractivity contribution in [1.29, 1.82) is 0 Å². The van der Waals surface area contributed by atoms with Gasteiger partial charge in [0, 0.05) is 34.0 Å². The molecule has 0 aliphatic heterocycles. The summed E-state index contributed by atoms with van der Waals surface area (Å²) in [6.45, 7) is 2.67. The van der Waals surface area contributed by atoms with Crippen LogP contribution in [0.2, 0.25) is 0 Å². The van der Waals surface area contributed by atoms with E-state index in [4.69, 9.17) is 0 Å². The number of amides is 1. The van der Waals surface area contributed by atoms with Gasteiger partial charge in [0.15, 0.2) is 0 Å². The largest absolute Gasteiger partial charge is 0.352 e. The summed E-state index contributed by atoms with van der Waals surface area (Å²) in [4.78, 5) is 37.4. The minimum atomic E-state index is -0.00241. The van der Waals surface area contributed by atoms with E-state index in [0.717, 1.165) is 53.2 Å². The van der Waals surface area contributed by atoms with Gasteiger partial charge in [-0.1, -0.05) is 0 Å². The van der Waals surface area contributed by atoms with Crippen LogP contribution < -0.4 is 5.32 Å². The van der Waals surface area contributed by atoms with Gasteiger partial charge in [-0.15, -0.1) is 11.3 Å². The van der Waals surface area contributed by atoms with Crippen LogP contribution in [0.1, 0.15) is 69.9 Å². The molecule has 6 nitrogen and oxygen atoms in total. The molecule has 33 heavy (non-hydrogen) atoms. The monoisotopic (exact) mass is 480 g/mol. The third-order valence-corrected chi connectivity index (χ3v) is 9.72. The number of thiophene rings is 1. The molecule has 1 amide bonds. The lowest BCUT2D eigenvalue weighted by atomic mass is 9.90. The summed E-state index contributed by atoms with van der Waals surface area (Å²) in [5.41, 5.74) is 3.93. The molecule has 0 aromatic carbocycles. The highest BCUT2D eigenvalue weighted by atomic mass is 32.1. The Morgan fingerprint density at radius 3 is 2.85 bits per heavy atom. The van der Waals surface area contributed by atoms with Gasteiger partial charge in [0.05, 0.1) is 23.3 Å². The summed E-state index contributed by atoms with van der Waals surface area (Å²) in [5, 5.41) is 5.05. The van der Waals surface area contributed by atoms with E-state index in [1.807, 2.05) is 12.3 Å². The van der Waals surface area contributed by atoms with Gasteiger partial charge in [0.25, 0.3) is 5.91 Å². The van der Waals surface area contributed by atoms with Crippen LogP contribution in [0.15, 0.2) is 15.4 Å². The van der Waals surface area contributed by atoms with Crippen LogP contribution >= 0.6 is 22.9 Å². The second-order valence-corrected chi connectivity index (χ2v) is 12.1. The number of ketones is 1. The molecule has 0 bridgehead atoms. The van der Waals surface area contributed by atoms with Gasteiger partial charge in [-0.25, -0.2) is 4.99 Å². The van der Waals surface area contributed by atoms with Crippen molar-refractivity contribution in [2.45, 2.75) is 70.8 Å². The maximum atomic E-state index is 13.3. The molecule has 3 fully saturated rings. The molecule has 2 heterocycles. The zero-order chi connectivity index (χ0) is 22.6. The van der Waals surface area contributed by atoms with E-state index in [1.54, 1.807) is 11.3 Å². The number of hydrogen-bond donors (Lipinski definition) is 1. The van der Waals surface area contributed by atoms with E-state index >= 15 is 0 Å². The Morgan fingerprint density at radius 2 is 2.15 bits per heavy atom. The second kappa shape index (κ2) is 8.26. The first-order valence-corrected chi connectivity index (χ1v) is 13.7. The number of carbonyl (C=O) groups excluding carboxylic acids is 2. The lowest BCUT2D eigenvalue weighted by Gasteiger charge is -2.19. The Balaban J connectivity index is 1.23. The molecule has 1 spiro atoms. The summed E-state index contributed by atoms with van der Waals surface area (Å²) in [6.07, 6.45) is 8.81. The molecular formula is C25H28N4O2S2. The van der Waals surface area contributed by atoms with Gasteiger partial charge in [0.2, 0.25) is 0 Å². The van der Waals surface area contributed by atoms with Gasteiger partial charge >= 0.3 is 0 Å². The van der Waals surface area contributed by atoms with Gasteiger partial charge in [-0.3, -0.25) is 9.59 Å². The fourth-order valence-corrected chi connectivity index (χ4v) is 7.11. The number of aryl methyl sites for hydroxylation is 2. The molecule has 2 aromatic heterocycles. The fraction of sp³-hybridized carbons (Fsp3) is 0.600. The first-order valence-electron chi connectivity index (χ1n) is 12.0. The molecule has 172 valence electrons. The SMILES string of the molecule is Cc1nscc1N=C=N[C@H]1CCc2sc(CC(=O)C3CC34CC4)c(C(=O)NCC3CC3)c2C1. The molecule has 4 aliphatic rings. The molecule has 0 saturated heterocycles. The summed E-state index contributed by atoms with van der Waals surface area (Å²) >= 11 is 3.07. The van der Waals surface area contributed by atoms with Crippen LogP contribution in [0, 0.1) is 24.2 Å². The van der Waals surface area contributed by atoms with E-state index < -0.39 is 0 Å². The highest BCUT2D eigenvalue weighted by Crippen LogP contribution is 2.71. The smallest absolute Gasteiger partial charge is 0.252 e. The van der Waals surface area contributed by atoms with E-state index in [1.165, 1.54) is 42.1 Å². The highest BCUT2D eigenvalue weighted by molar-refractivity contribution is 7.12. The standard InChI is InChI=1S/C25H28N4O2S2/c1-14-19(12-32-29-14)28-13-27-16-4-5-21-17(8-16)23(24(31)26-11-15-2-3-15)22(33-21)9-20(30)18-10-25(18)6-7-25/h12,15-16,18H,2-11H2,1H3,(H,26,31)/t16-,18?/m0/s1. The van der Waals surface area contributed by atoms with E-state index in [0.29, 0.717) is 30.0 Å². The van der Waals surface area contributed by atoms with Crippen molar-refractivity contribution in [3.8, 4) is 0 Å². The second-order valence-electron chi connectivity index (χ2n) is 10.2. The Kier molecular flexibility index (Phi) is 5.35. The number of hydrogen-bond acceptors (Lipinski definition) is 7. The summed E-state index contributed by atoms with van der Waals surface area (Å²) < 4.78 is 4.23. The Hall–Kier alpha value is -2.15. The number of rotatable bonds is 8. The Labute approximate surface area is 201 Å². The van der Waals surface area contributed by atoms with Crippen molar-refractivity contribution in [3.05, 3.63) is 32.0 Å². The third-order valence-electron chi connectivity index (χ3n) is 7.72. The molecule has 8 heteroatoms. The van der Waals surface area contributed by atoms with E-state index in [9.17, 15) is 9.59 Å². The minimum absolute atomic E-state index is 0.00241. The Bertz CT molecular complexity index is 1180. The number of Topliss-reactive ketones (excluding diaryl/α,β-unsaturated/α-hetero) is 1. The number of aliphatic imine (C=N–C) groups is 2. The quantitative estimate of drug-likeness (QED) is 0.544. The average Bonchev–Trinajstić information content (AvgIpc) is 3.75. The van der Waals surface area contributed by atoms with Gasteiger partial charge in [0.1, 0.15) is 11.5 Å². The lowest BCUT2D eigenvalue weighted by molar-refractivity contribution is -0.119. The van der Waals surface area contributed by atoms with Crippen LogP contribution in [0.25, 0.3) is 0 Å². The summed E-state index contributed by atoms with van der Waals surface area (Å²) in [6, 6.07) is 2.92. The number of nitrogens with zero attached hydrogens (tertiary/aromatic N) is 3. The van der Waals surface area contributed by atoms with E-state index in [2.05, 4.69) is 25.7 Å². The predicted octanol–water partition coefficient (Wildman–Crippen LogP) is 4.93. The molecule has 0 radical (unpaired) electrons. The molecule has 4 aliphatic carbocycles. The van der Waals surface area contributed by atoms with Gasteiger partial charge < -0.3 is 5.32 Å². The maximum absolute atomic E-state index is 13.3. The molecule has 3 saturated carbocycles. The Morgan fingerprint density at radius 1 is 1.30 bits per heavy atom. The lowest BCUT2D eigenvalue weighted by Crippen LogP contribution is -2.28. The number of carbonyl (C=O) groups is 2. The summed E-state index contributed by atoms with van der Waals surface area (Å²) in [5.74, 6) is 1.20. The van der Waals surface area contributed by atoms with Crippen molar-refractivity contribution in [1.82, 2.24) is 9.69 Å². The number of fused-ring (bicyclic) bond motifs is 1. The van der Waals surface area contributed by atoms with E-state index in [-0.39, 0.29) is 17.9 Å². The first-order chi connectivity index (χ1) is 16.0. The molecule has 6 rings (SSSR count). The van der Waals surface area contributed by atoms with Crippen LogP contribution in [0.4, 0.5) is 5.69 Å². The molecule has 1 N–H and O–H groups in total. The number of nitrogens with one attached hydrogen (secondary N) is 1. The molecule has 2 atom stereocenters. The van der Waals surface area contributed by atoms with Crippen molar-refractivity contribution < 1.29 is 9.59 Å². The van der Waals surface area contributed by atoms with Crippen LogP contribution in [-0.2, 0) is 24.1 Å². The van der Waals surface area contributed by atoms with Gasteiger partial charge in [-0.2, -0.15) is 9.37 Å². The minimum Gasteiger partial charge on any atom is -0.352 e. The third kappa shape index (κ3) is 4.36.